The van der Waals surface area contributed by atoms with Crippen LogP contribution in [0.1, 0.15) is 24.2 Å². The molecule has 0 aliphatic heterocycles. The number of ether oxygens (including phenoxy) is 3. The first-order valence-electron chi connectivity index (χ1n) is 12.2. The average Bonchev–Trinajstić information content (AvgIpc) is 3.44. The minimum atomic E-state index is -0.468. The molecular formula is C27H28N6O5S. The van der Waals surface area contributed by atoms with Crippen molar-refractivity contribution in [2.45, 2.75) is 13.8 Å². The second-order valence-electron chi connectivity index (χ2n) is 8.02. The van der Waals surface area contributed by atoms with Crippen LogP contribution in [0.3, 0.4) is 0 Å². The van der Waals surface area contributed by atoms with E-state index in [1.165, 1.54) is 17.5 Å². The first-order chi connectivity index (χ1) is 19.0. The third-order valence-corrected chi connectivity index (χ3v) is 6.23. The highest BCUT2D eigenvalue weighted by Gasteiger charge is 2.18. The van der Waals surface area contributed by atoms with Gasteiger partial charge in [0.15, 0.2) is 0 Å². The Morgan fingerprint density at radius 2 is 1.90 bits per heavy atom. The monoisotopic (exact) mass is 548 g/mol. The van der Waals surface area contributed by atoms with E-state index in [9.17, 15) is 9.59 Å². The van der Waals surface area contributed by atoms with E-state index in [0.29, 0.717) is 64.4 Å². The zero-order valence-electron chi connectivity index (χ0n) is 21.8. The van der Waals surface area contributed by atoms with Crippen LogP contribution in [0.4, 0.5) is 10.6 Å². The van der Waals surface area contributed by atoms with E-state index in [4.69, 9.17) is 19.2 Å². The average molecular weight is 549 g/mol. The number of carbonyl (C=O) groups is 2. The number of esters is 1. The van der Waals surface area contributed by atoms with Gasteiger partial charge in [0.1, 0.15) is 17.4 Å². The molecule has 12 heteroatoms. The molecule has 4 aromatic heterocycles. The summed E-state index contributed by atoms with van der Waals surface area (Å²) in [5.41, 5.74) is 3.75. The number of methoxy groups -OCH3 is 1. The van der Waals surface area contributed by atoms with Crippen molar-refractivity contribution in [2.75, 3.05) is 38.8 Å². The molecule has 0 fully saturated rings. The number of hydrogen-bond donors (Lipinski definition) is 2. The molecule has 0 saturated heterocycles. The van der Waals surface area contributed by atoms with Crippen LogP contribution >= 0.6 is 11.3 Å². The first kappa shape index (κ1) is 27.6. The van der Waals surface area contributed by atoms with Crippen LogP contribution < -0.4 is 15.4 Å². The number of carbonyl (C=O) groups excluding carboxylic acids is 2. The summed E-state index contributed by atoms with van der Waals surface area (Å²) in [5.74, 6) is 0.326. The summed E-state index contributed by atoms with van der Waals surface area (Å²) >= 11 is 1.41. The quantitative estimate of drug-likeness (QED) is 0.202. The van der Waals surface area contributed by atoms with Gasteiger partial charge in [0.05, 0.1) is 30.0 Å². The molecule has 0 atom stereocenters. The number of nitrogens with zero attached hydrogens (tertiary/aromatic N) is 4. The molecule has 0 aliphatic rings. The SMILES string of the molecule is CCNC(=O)Nc1cc(-c2nc(-c3cccnc3OCCOC)cs2)c(-c2cncc(C(=O)OCC)c2)cn1. The minimum Gasteiger partial charge on any atom is -0.475 e. The molecule has 2 N–H and O–H groups in total. The number of aromatic nitrogens is 4. The van der Waals surface area contributed by atoms with Gasteiger partial charge in [0.2, 0.25) is 5.88 Å². The maximum atomic E-state index is 12.3. The maximum absolute atomic E-state index is 12.3. The number of rotatable bonds is 11. The summed E-state index contributed by atoms with van der Waals surface area (Å²) in [5, 5.41) is 8.00. The highest BCUT2D eigenvalue weighted by atomic mass is 32.1. The van der Waals surface area contributed by atoms with E-state index >= 15 is 0 Å². The van der Waals surface area contributed by atoms with Gasteiger partial charge in [0.25, 0.3) is 0 Å². The molecule has 2 amide bonds. The van der Waals surface area contributed by atoms with Crippen molar-refractivity contribution in [3.63, 3.8) is 0 Å². The number of anilines is 1. The summed E-state index contributed by atoms with van der Waals surface area (Å²) in [4.78, 5) is 42.4. The fraction of sp³-hybridized carbons (Fsp3) is 0.259. The summed E-state index contributed by atoms with van der Waals surface area (Å²) in [6.45, 7) is 5.08. The highest BCUT2D eigenvalue weighted by Crippen LogP contribution is 2.38. The lowest BCUT2D eigenvalue weighted by Crippen LogP contribution is -2.28. The highest BCUT2D eigenvalue weighted by molar-refractivity contribution is 7.13. The molecule has 0 aliphatic carbocycles. The molecule has 202 valence electrons. The van der Waals surface area contributed by atoms with Gasteiger partial charge < -0.3 is 19.5 Å². The van der Waals surface area contributed by atoms with E-state index in [-0.39, 0.29) is 12.6 Å². The lowest BCUT2D eigenvalue weighted by molar-refractivity contribution is 0.0526. The number of urea groups is 1. The van der Waals surface area contributed by atoms with Gasteiger partial charge in [0, 0.05) is 60.5 Å². The Morgan fingerprint density at radius 3 is 2.69 bits per heavy atom. The number of amides is 2. The topological polar surface area (TPSA) is 137 Å². The Balaban J connectivity index is 1.76. The Labute approximate surface area is 229 Å². The fourth-order valence-corrected chi connectivity index (χ4v) is 4.46. The molecule has 0 unspecified atom stereocenters. The van der Waals surface area contributed by atoms with Gasteiger partial charge in [-0.05, 0) is 38.1 Å². The van der Waals surface area contributed by atoms with Gasteiger partial charge in [-0.25, -0.2) is 24.5 Å². The Hall–Kier alpha value is -4.42. The zero-order chi connectivity index (χ0) is 27.6. The number of thiazole rings is 1. The second-order valence-corrected chi connectivity index (χ2v) is 8.88. The molecule has 4 heterocycles. The smallest absolute Gasteiger partial charge is 0.339 e. The summed E-state index contributed by atoms with van der Waals surface area (Å²) in [7, 11) is 1.61. The van der Waals surface area contributed by atoms with Gasteiger partial charge in [-0.1, -0.05) is 0 Å². The van der Waals surface area contributed by atoms with Crippen molar-refractivity contribution in [2.24, 2.45) is 0 Å². The molecular weight excluding hydrogens is 520 g/mol. The van der Waals surface area contributed by atoms with Crippen LogP contribution in [0, 0.1) is 0 Å². The molecule has 39 heavy (non-hydrogen) atoms. The number of pyridine rings is 3. The third-order valence-electron chi connectivity index (χ3n) is 5.35. The molecule has 4 aromatic rings. The van der Waals surface area contributed by atoms with Gasteiger partial charge in [-0.15, -0.1) is 11.3 Å². The van der Waals surface area contributed by atoms with Crippen molar-refractivity contribution >= 4 is 29.2 Å². The molecule has 0 radical (unpaired) electrons. The van der Waals surface area contributed by atoms with Gasteiger partial charge >= 0.3 is 12.0 Å². The van der Waals surface area contributed by atoms with E-state index in [1.807, 2.05) is 24.4 Å². The lowest BCUT2D eigenvalue weighted by Gasteiger charge is -2.12. The van der Waals surface area contributed by atoms with E-state index in [1.54, 1.807) is 44.8 Å². The number of hydrogen-bond acceptors (Lipinski definition) is 10. The Morgan fingerprint density at radius 1 is 1.03 bits per heavy atom. The van der Waals surface area contributed by atoms with E-state index in [2.05, 4.69) is 25.6 Å². The van der Waals surface area contributed by atoms with Crippen molar-refractivity contribution in [1.82, 2.24) is 25.3 Å². The van der Waals surface area contributed by atoms with Crippen LogP contribution in [-0.4, -0.2) is 65.4 Å². The van der Waals surface area contributed by atoms with E-state index in [0.717, 1.165) is 5.56 Å². The molecule has 0 aromatic carbocycles. The van der Waals surface area contributed by atoms with Crippen LogP contribution in [-0.2, 0) is 9.47 Å². The predicted octanol–water partition coefficient (Wildman–Crippen LogP) is 4.67. The molecule has 0 spiro atoms. The molecule has 0 bridgehead atoms. The third kappa shape index (κ3) is 6.92. The largest absolute Gasteiger partial charge is 0.475 e. The normalized spacial score (nSPS) is 10.6. The molecule has 11 nitrogen and oxygen atoms in total. The lowest BCUT2D eigenvalue weighted by atomic mass is 10.0. The van der Waals surface area contributed by atoms with E-state index < -0.39 is 5.97 Å². The van der Waals surface area contributed by atoms with Gasteiger partial charge in [-0.3, -0.25) is 10.3 Å². The maximum Gasteiger partial charge on any atom is 0.339 e. The van der Waals surface area contributed by atoms with Crippen LogP contribution in [0.25, 0.3) is 33.0 Å². The van der Waals surface area contributed by atoms with Crippen LogP contribution in [0.5, 0.6) is 5.88 Å². The Bertz CT molecular complexity index is 1440. The molecule has 0 saturated carbocycles. The van der Waals surface area contributed by atoms with Crippen LogP contribution in [0.15, 0.2) is 54.4 Å². The first-order valence-corrected chi connectivity index (χ1v) is 13.1. The Kier molecular flexibility index (Phi) is 9.48. The zero-order valence-corrected chi connectivity index (χ0v) is 22.6. The summed E-state index contributed by atoms with van der Waals surface area (Å²) in [6, 6.07) is 6.76. The standard InChI is InChI=1S/C27H28N6O5S/c1-4-29-27(35)33-23-12-20(21(15-31-23)17-11-18(14-28-13-17)26(34)37-5-2)25-32-22(16-39-25)19-7-6-8-30-24(19)38-10-9-36-3/h6-8,11-16H,4-5,9-10H2,1-3H3,(H2,29,31,33,35). The fourth-order valence-electron chi connectivity index (χ4n) is 3.61. The van der Waals surface area contributed by atoms with Gasteiger partial charge in [-0.2, -0.15) is 0 Å². The number of nitrogens with one attached hydrogen (secondary N) is 2. The molecule has 4 rings (SSSR count). The van der Waals surface area contributed by atoms with Crippen molar-refractivity contribution in [1.29, 1.82) is 0 Å². The van der Waals surface area contributed by atoms with Crippen molar-refractivity contribution in [3.8, 4) is 38.8 Å². The van der Waals surface area contributed by atoms with Crippen molar-refractivity contribution in [3.05, 3.63) is 60.0 Å². The van der Waals surface area contributed by atoms with Crippen LogP contribution in [0.2, 0.25) is 0 Å². The summed E-state index contributed by atoms with van der Waals surface area (Å²) in [6.07, 6.45) is 6.36. The second kappa shape index (κ2) is 13.4. The summed E-state index contributed by atoms with van der Waals surface area (Å²) < 4.78 is 16.0. The minimum absolute atomic E-state index is 0.253. The van der Waals surface area contributed by atoms with Crippen molar-refractivity contribution < 1.29 is 23.8 Å². The predicted molar refractivity (Wildman–Crippen MR) is 148 cm³/mol.